The predicted molar refractivity (Wildman–Crippen MR) is 92.9 cm³/mol. The molecule has 8 heteroatoms. The van der Waals surface area contributed by atoms with E-state index in [2.05, 4.69) is 20.9 Å². The molecule has 1 aromatic rings. The van der Waals surface area contributed by atoms with Crippen molar-refractivity contribution >= 4 is 45.3 Å². The molecule has 126 valence electrons. The zero-order chi connectivity index (χ0) is 17.3. The summed E-state index contributed by atoms with van der Waals surface area (Å²) in [6, 6.07) is 6.38. The molecule has 7 nitrogen and oxygen atoms in total. The number of urea groups is 1. The van der Waals surface area contributed by atoms with E-state index in [1.807, 2.05) is 4.90 Å². The molecule has 0 aromatic heterocycles. The van der Waals surface area contributed by atoms with Crippen LogP contribution >= 0.6 is 15.9 Å². The Bertz CT molecular complexity index is 709. The molecule has 0 atom stereocenters. The van der Waals surface area contributed by atoms with E-state index in [4.69, 9.17) is 0 Å². The molecule has 24 heavy (non-hydrogen) atoms. The summed E-state index contributed by atoms with van der Waals surface area (Å²) in [6.45, 7) is 3.85. The lowest BCUT2D eigenvalue weighted by molar-refractivity contribution is -0.130. The van der Waals surface area contributed by atoms with Gasteiger partial charge in [-0.05, 0) is 24.3 Å². The highest BCUT2D eigenvalue weighted by atomic mass is 79.9. The van der Waals surface area contributed by atoms with Gasteiger partial charge in [0.1, 0.15) is 5.84 Å². The van der Waals surface area contributed by atoms with E-state index in [1.54, 1.807) is 29.2 Å². The summed E-state index contributed by atoms with van der Waals surface area (Å²) in [6.07, 6.45) is 0.0852. The first-order chi connectivity index (χ1) is 11.5. The van der Waals surface area contributed by atoms with Crippen LogP contribution in [-0.4, -0.2) is 59.7 Å². The van der Waals surface area contributed by atoms with Crippen molar-refractivity contribution in [3.8, 4) is 0 Å². The minimum absolute atomic E-state index is 0.0359. The molecule has 1 fully saturated rings. The van der Waals surface area contributed by atoms with Gasteiger partial charge in [-0.3, -0.25) is 9.59 Å². The van der Waals surface area contributed by atoms with Crippen molar-refractivity contribution in [1.29, 1.82) is 0 Å². The number of aliphatic imine (C=N–C) groups is 1. The first-order valence-electron chi connectivity index (χ1n) is 7.66. The summed E-state index contributed by atoms with van der Waals surface area (Å²) in [7, 11) is 0. The lowest BCUT2D eigenvalue weighted by Gasteiger charge is -2.37. The van der Waals surface area contributed by atoms with E-state index in [1.165, 1.54) is 6.92 Å². The molecule has 0 aliphatic carbocycles. The Kier molecular flexibility index (Phi) is 4.66. The van der Waals surface area contributed by atoms with Crippen LogP contribution in [0.15, 0.2) is 33.7 Å². The van der Waals surface area contributed by atoms with E-state index in [9.17, 15) is 14.4 Å². The molecule has 4 amide bonds. The predicted octanol–water partition coefficient (Wildman–Crippen LogP) is 1.87. The molecular formula is C16H17BrN4O3. The van der Waals surface area contributed by atoms with Crippen LogP contribution in [0.25, 0.3) is 0 Å². The first kappa shape index (κ1) is 16.6. The van der Waals surface area contributed by atoms with Crippen LogP contribution in [0.2, 0.25) is 0 Å². The van der Waals surface area contributed by atoms with E-state index >= 15 is 0 Å². The smallest absolute Gasteiger partial charge is 0.356 e. The monoisotopic (exact) mass is 392 g/mol. The highest BCUT2D eigenvalue weighted by Gasteiger charge is 2.33. The molecule has 1 aromatic carbocycles. The molecule has 3 rings (SSSR count). The second-order valence-electron chi connectivity index (χ2n) is 5.69. The number of carbonyl (C=O) groups is 3. The topological polar surface area (TPSA) is 73.3 Å². The summed E-state index contributed by atoms with van der Waals surface area (Å²) in [5.74, 6) is 0.233. The number of benzene rings is 1. The maximum Gasteiger partial charge on any atom is 0.356 e. The van der Waals surface area contributed by atoms with Gasteiger partial charge in [-0.1, -0.05) is 15.9 Å². The van der Waals surface area contributed by atoms with Gasteiger partial charge in [0.2, 0.25) is 11.8 Å². The Labute approximate surface area is 148 Å². The normalized spacial score (nSPS) is 18.8. The number of amides is 4. The summed E-state index contributed by atoms with van der Waals surface area (Å²) in [5.41, 5.74) is 0.511. The lowest BCUT2D eigenvalue weighted by atomic mass is 10.2. The van der Waals surface area contributed by atoms with Gasteiger partial charge in [0.15, 0.2) is 0 Å². The fourth-order valence-corrected chi connectivity index (χ4v) is 3.09. The number of rotatable bonds is 1. The van der Waals surface area contributed by atoms with Crippen LogP contribution in [0.5, 0.6) is 0 Å². The van der Waals surface area contributed by atoms with Crippen LogP contribution in [-0.2, 0) is 9.59 Å². The first-order valence-corrected chi connectivity index (χ1v) is 8.45. The molecule has 1 saturated heterocycles. The highest BCUT2D eigenvalue weighted by Crippen LogP contribution is 2.23. The SMILES string of the molecule is CC(=O)N1CCN(C2=NC(=O)N(c3ccc(Br)cc3)C(=O)C2)CC1. The fraction of sp³-hybridized carbons (Fsp3) is 0.375. The average Bonchev–Trinajstić information content (AvgIpc) is 2.56. The molecule has 2 aliphatic heterocycles. The minimum Gasteiger partial charge on any atom is -0.356 e. The van der Waals surface area contributed by atoms with Crippen LogP contribution in [0, 0.1) is 0 Å². The van der Waals surface area contributed by atoms with Gasteiger partial charge in [0, 0.05) is 37.6 Å². The van der Waals surface area contributed by atoms with Crippen molar-refractivity contribution in [2.75, 3.05) is 31.1 Å². The Morgan fingerprint density at radius 1 is 1.08 bits per heavy atom. The maximum absolute atomic E-state index is 12.4. The zero-order valence-electron chi connectivity index (χ0n) is 13.2. The quantitative estimate of drug-likeness (QED) is 0.730. The van der Waals surface area contributed by atoms with Gasteiger partial charge in [-0.15, -0.1) is 0 Å². The van der Waals surface area contributed by atoms with Crippen molar-refractivity contribution < 1.29 is 14.4 Å². The van der Waals surface area contributed by atoms with Crippen LogP contribution in [0.3, 0.4) is 0 Å². The number of halogens is 1. The maximum atomic E-state index is 12.4. The number of imide groups is 1. The summed E-state index contributed by atoms with van der Waals surface area (Å²) in [5, 5.41) is 0. The van der Waals surface area contributed by atoms with Crippen LogP contribution < -0.4 is 4.90 Å². The largest absolute Gasteiger partial charge is 0.356 e. The highest BCUT2D eigenvalue weighted by molar-refractivity contribution is 9.10. The fourth-order valence-electron chi connectivity index (χ4n) is 2.83. The van der Waals surface area contributed by atoms with E-state index < -0.39 is 6.03 Å². The molecular weight excluding hydrogens is 376 g/mol. The van der Waals surface area contributed by atoms with Crippen LogP contribution in [0.4, 0.5) is 10.5 Å². The molecule has 0 radical (unpaired) electrons. The van der Waals surface area contributed by atoms with Gasteiger partial charge in [-0.25, -0.2) is 9.69 Å². The Balaban J connectivity index is 1.74. The molecule has 0 bridgehead atoms. The number of anilines is 1. The van der Waals surface area contributed by atoms with E-state index in [0.717, 1.165) is 9.37 Å². The standard InChI is InChI=1S/C16H17BrN4O3/c1-11(22)19-6-8-20(9-7-19)14-10-15(23)21(16(24)18-14)13-4-2-12(17)3-5-13/h2-5H,6-10H2,1H3. The summed E-state index contributed by atoms with van der Waals surface area (Å²) < 4.78 is 0.871. The third kappa shape index (κ3) is 3.33. The molecule has 0 spiro atoms. The van der Waals surface area contributed by atoms with Crippen molar-refractivity contribution in [3.63, 3.8) is 0 Å². The second-order valence-corrected chi connectivity index (χ2v) is 6.60. The van der Waals surface area contributed by atoms with Crippen molar-refractivity contribution in [1.82, 2.24) is 9.80 Å². The number of hydrogen-bond donors (Lipinski definition) is 0. The van der Waals surface area contributed by atoms with Crippen molar-refractivity contribution in [3.05, 3.63) is 28.7 Å². The number of nitrogens with zero attached hydrogens (tertiary/aromatic N) is 4. The Hall–Kier alpha value is -2.22. The number of piperazine rings is 1. The summed E-state index contributed by atoms with van der Waals surface area (Å²) >= 11 is 3.33. The Morgan fingerprint density at radius 2 is 1.71 bits per heavy atom. The zero-order valence-corrected chi connectivity index (χ0v) is 14.8. The molecule has 2 heterocycles. The number of carbonyl (C=O) groups excluding carboxylic acids is 3. The van der Waals surface area contributed by atoms with Gasteiger partial charge in [0.05, 0.1) is 12.1 Å². The minimum atomic E-state index is -0.572. The van der Waals surface area contributed by atoms with E-state index in [0.29, 0.717) is 37.7 Å². The van der Waals surface area contributed by atoms with E-state index in [-0.39, 0.29) is 18.2 Å². The third-order valence-corrected chi connectivity index (χ3v) is 4.68. The molecule has 0 saturated carbocycles. The average molecular weight is 393 g/mol. The van der Waals surface area contributed by atoms with Gasteiger partial charge in [0.25, 0.3) is 0 Å². The number of hydrogen-bond acceptors (Lipinski definition) is 4. The van der Waals surface area contributed by atoms with Crippen molar-refractivity contribution in [2.24, 2.45) is 4.99 Å². The second kappa shape index (κ2) is 6.72. The molecule has 2 aliphatic rings. The Morgan fingerprint density at radius 3 is 2.25 bits per heavy atom. The molecule has 0 N–H and O–H groups in total. The lowest BCUT2D eigenvalue weighted by Crippen LogP contribution is -2.53. The third-order valence-electron chi connectivity index (χ3n) is 4.15. The summed E-state index contributed by atoms with van der Waals surface area (Å²) in [4.78, 5) is 45.0. The van der Waals surface area contributed by atoms with Crippen LogP contribution in [0.1, 0.15) is 13.3 Å². The van der Waals surface area contributed by atoms with Gasteiger partial charge in [-0.2, -0.15) is 4.99 Å². The number of amidine groups is 1. The van der Waals surface area contributed by atoms with Gasteiger partial charge < -0.3 is 9.80 Å². The van der Waals surface area contributed by atoms with Crippen molar-refractivity contribution in [2.45, 2.75) is 13.3 Å². The molecule has 0 unspecified atom stereocenters. The van der Waals surface area contributed by atoms with Gasteiger partial charge >= 0.3 is 6.03 Å².